The molecule has 0 aromatic heterocycles. The molecule has 0 aliphatic carbocycles. The fraction of sp³-hybridized carbons (Fsp3) is 0.917. The Kier molecular flexibility index (Phi) is 8.22. The second-order valence-corrected chi connectivity index (χ2v) is 9.37. The Morgan fingerprint density at radius 1 is 1.41 bits per heavy atom. The Morgan fingerprint density at radius 2 is 1.95 bits per heavy atom. The number of carbonyl (C=O) groups is 1. The highest BCUT2D eigenvalue weighted by molar-refractivity contribution is 7.86. The summed E-state index contributed by atoms with van der Waals surface area (Å²) in [4.78, 5) is 23.1. The van der Waals surface area contributed by atoms with Crippen LogP contribution < -0.4 is 4.89 Å². The summed E-state index contributed by atoms with van der Waals surface area (Å²) in [6.45, 7) is 4.50. The van der Waals surface area contributed by atoms with E-state index in [1.807, 2.05) is 0 Å². The van der Waals surface area contributed by atoms with Crippen molar-refractivity contribution in [3.63, 3.8) is 0 Å². The molecule has 0 radical (unpaired) electrons. The van der Waals surface area contributed by atoms with Crippen molar-refractivity contribution in [2.24, 2.45) is 5.41 Å². The number of rotatable bonds is 10. The highest BCUT2D eigenvalue weighted by Crippen LogP contribution is 2.36. The van der Waals surface area contributed by atoms with Crippen LogP contribution in [-0.2, 0) is 28.7 Å². The van der Waals surface area contributed by atoms with Crippen molar-refractivity contribution < 1.29 is 36.5 Å². The molecular formula is C12H24O8PS-. The molecule has 0 rings (SSSR count). The van der Waals surface area contributed by atoms with E-state index in [0.717, 1.165) is 7.11 Å². The van der Waals surface area contributed by atoms with Crippen LogP contribution in [0.25, 0.3) is 0 Å². The smallest absolute Gasteiger partial charge is 0.311 e. The zero-order valence-corrected chi connectivity index (χ0v) is 15.0. The van der Waals surface area contributed by atoms with Crippen LogP contribution in [0.3, 0.4) is 0 Å². The van der Waals surface area contributed by atoms with Crippen LogP contribution in [0.5, 0.6) is 0 Å². The molecule has 2 atom stereocenters. The topological polar surface area (TPSA) is 130 Å². The van der Waals surface area contributed by atoms with E-state index in [1.165, 1.54) is 13.8 Å². The molecule has 22 heavy (non-hydrogen) atoms. The Hall–Kier alpha value is -0.470. The summed E-state index contributed by atoms with van der Waals surface area (Å²) in [5.74, 6) is -0.646. The third kappa shape index (κ3) is 7.69. The lowest BCUT2D eigenvalue weighted by molar-refractivity contribution is -0.196. The number of esters is 1. The lowest BCUT2D eigenvalue weighted by atomic mass is 9.87. The van der Waals surface area contributed by atoms with E-state index in [0.29, 0.717) is 0 Å². The first kappa shape index (κ1) is 21.5. The van der Waals surface area contributed by atoms with Crippen LogP contribution in [-0.4, -0.2) is 44.1 Å². The maximum Gasteiger partial charge on any atom is 0.311 e. The fourth-order valence-electron chi connectivity index (χ4n) is 1.82. The number of ether oxygens (including phenoxy) is 1. The molecule has 2 unspecified atom stereocenters. The van der Waals surface area contributed by atoms with Crippen molar-refractivity contribution in [1.29, 1.82) is 0 Å². The van der Waals surface area contributed by atoms with Crippen LogP contribution in [0.1, 0.15) is 40.0 Å². The quantitative estimate of drug-likeness (QED) is 0.266. The molecule has 0 aromatic carbocycles. The average Bonchev–Trinajstić information content (AvgIpc) is 2.39. The number of hydrogen-bond acceptors (Lipinski definition) is 7. The van der Waals surface area contributed by atoms with E-state index in [1.54, 1.807) is 6.92 Å². The average molecular weight is 359 g/mol. The van der Waals surface area contributed by atoms with E-state index >= 15 is 0 Å². The largest absolute Gasteiger partial charge is 0.778 e. The van der Waals surface area contributed by atoms with Gasteiger partial charge in [-0.2, -0.15) is 8.42 Å². The normalized spacial score (nSPS) is 16.8. The van der Waals surface area contributed by atoms with Gasteiger partial charge < -0.3 is 18.7 Å². The van der Waals surface area contributed by atoms with Crippen LogP contribution >= 0.6 is 7.60 Å². The molecule has 0 spiro atoms. The highest BCUT2D eigenvalue weighted by atomic mass is 32.2. The summed E-state index contributed by atoms with van der Waals surface area (Å²) in [6, 6.07) is 0. The lowest BCUT2D eigenvalue weighted by Crippen LogP contribution is -2.34. The van der Waals surface area contributed by atoms with Gasteiger partial charge >= 0.3 is 5.97 Å². The van der Waals surface area contributed by atoms with Crippen LogP contribution in [0.4, 0.5) is 0 Å². The van der Waals surface area contributed by atoms with Gasteiger partial charge in [0.05, 0.1) is 17.3 Å². The summed E-state index contributed by atoms with van der Waals surface area (Å²) in [5.41, 5.74) is -1.11. The number of carbonyl (C=O) groups excluding carboxylic acids is 1. The second-order valence-electron chi connectivity index (χ2n) is 5.64. The Labute approximate surface area is 131 Å². The van der Waals surface area contributed by atoms with Crippen molar-refractivity contribution in [3.05, 3.63) is 0 Å². The molecule has 0 aliphatic heterocycles. The van der Waals surface area contributed by atoms with Crippen LogP contribution in [0.2, 0.25) is 0 Å². The number of hydrogen-bond donors (Lipinski definition) is 1. The van der Waals surface area contributed by atoms with Crippen molar-refractivity contribution in [1.82, 2.24) is 0 Å². The summed E-state index contributed by atoms with van der Waals surface area (Å²) in [7, 11) is -7.05. The molecule has 0 heterocycles. The second kappa shape index (κ2) is 8.40. The van der Waals surface area contributed by atoms with Crippen molar-refractivity contribution in [2.75, 3.05) is 19.9 Å². The Bertz CT molecular complexity index is 513. The predicted molar refractivity (Wildman–Crippen MR) is 79.1 cm³/mol. The fourth-order valence-corrected chi connectivity index (χ4v) is 3.57. The van der Waals surface area contributed by atoms with Gasteiger partial charge in [-0.3, -0.25) is 9.35 Å². The molecule has 0 saturated heterocycles. The van der Waals surface area contributed by atoms with Crippen molar-refractivity contribution in [3.8, 4) is 0 Å². The summed E-state index contributed by atoms with van der Waals surface area (Å²) in [5, 5.41) is -1.05. The molecule has 132 valence electrons. The third-order valence-electron chi connectivity index (χ3n) is 3.25. The maximum atomic E-state index is 12.0. The molecule has 10 heteroatoms. The minimum absolute atomic E-state index is 0.0840. The molecule has 8 nitrogen and oxygen atoms in total. The van der Waals surface area contributed by atoms with Gasteiger partial charge in [0.2, 0.25) is 0 Å². The first-order chi connectivity index (χ1) is 9.85. The minimum Gasteiger partial charge on any atom is -0.778 e. The van der Waals surface area contributed by atoms with Crippen molar-refractivity contribution in [2.45, 2.75) is 45.3 Å². The van der Waals surface area contributed by atoms with Gasteiger partial charge in [0.1, 0.15) is 7.60 Å². The van der Waals surface area contributed by atoms with Gasteiger partial charge in [0.25, 0.3) is 10.1 Å². The summed E-state index contributed by atoms with van der Waals surface area (Å²) < 4.78 is 51.8. The van der Waals surface area contributed by atoms with Gasteiger partial charge in [-0.25, -0.2) is 0 Å². The predicted octanol–water partition coefficient (Wildman–Crippen LogP) is 1.20. The van der Waals surface area contributed by atoms with E-state index in [2.05, 4.69) is 4.52 Å². The first-order valence-electron chi connectivity index (χ1n) is 6.85. The molecule has 0 aliphatic rings. The van der Waals surface area contributed by atoms with Gasteiger partial charge in [0.15, 0.2) is 0 Å². The standard InChI is InChI=1S/C12H25O8PS/c1-5-10(22(16,17)18)9-12(2,3)11(13)20-7-6-8-21(14,15)19-4/h10H,5-9H2,1-4H3,(H,14,15)(H,16,17,18)/p-1. The van der Waals surface area contributed by atoms with E-state index in [4.69, 9.17) is 9.29 Å². The van der Waals surface area contributed by atoms with Crippen LogP contribution in [0.15, 0.2) is 0 Å². The van der Waals surface area contributed by atoms with Crippen LogP contribution in [0, 0.1) is 5.41 Å². The van der Waals surface area contributed by atoms with Gasteiger partial charge in [-0.1, -0.05) is 6.92 Å². The molecule has 0 saturated carbocycles. The van der Waals surface area contributed by atoms with E-state index < -0.39 is 34.3 Å². The zero-order valence-electron chi connectivity index (χ0n) is 13.3. The van der Waals surface area contributed by atoms with Gasteiger partial charge in [-0.05, 0) is 33.1 Å². The molecule has 0 fully saturated rings. The molecule has 0 aromatic rings. The Balaban J connectivity index is 4.49. The van der Waals surface area contributed by atoms with Gasteiger partial charge in [-0.15, -0.1) is 0 Å². The summed E-state index contributed by atoms with van der Waals surface area (Å²) >= 11 is 0. The van der Waals surface area contributed by atoms with Gasteiger partial charge in [0, 0.05) is 13.3 Å². The monoisotopic (exact) mass is 359 g/mol. The Morgan fingerprint density at radius 3 is 2.36 bits per heavy atom. The van der Waals surface area contributed by atoms with E-state index in [-0.39, 0.29) is 32.0 Å². The molecule has 0 amide bonds. The minimum atomic E-state index is -4.23. The molecular weight excluding hydrogens is 335 g/mol. The van der Waals surface area contributed by atoms with E-state index in [9.17, 15) is 22.7 Å². The zero-order chi connectivity index (χ0) is 17.6. The first-order valence-corrected chi connectivity index (χ1v) is 10.1. The lowest BCUT2D eigenvalue weighted by Gasteiger charge is -2.26. The van der Waals surface area contributed by atoms with Crippen molar-refractivity contribution >= 4 is 23.7 Å². The molecule has 1 N–H and O–H groups in total. The molecule has 0 bridgehead atoms. The maximum absolute atomic E-state index is 12.0. The highest BCUT2D eigenvalue weighted by Gasteiger charge is 2.36. The third-order valence-corrected chi connectivity index (χ3v) is 6.02. The SMILES string of the molecule is CCC(CC(C)(C)C(=O)OCCCP(=O)([O-])OC)S(=O)(=O)O. The summed E-state index contributed by atoms with van der Waals surface area (Å²) in [6.07, 6.45) is -0.0756.